The van der Waals surface area contributed by atoms with Crippen LogP contribution in [0.5, 0.6) is 0 Å². The molecule has 1 N–H and O–H groups in total. The highest BCUT2D eigenvalue weighted by atomic mass is 16.5. The molecule has 1 saturated carbocycles. The highest BCUT2D eigenvalue weighted by Gasteiger charge is 2.38. The third kappa shape index (κ3) is 1.42. The maximum atomic E-state index is 5.78. The van der Waals surface area contributed by atoms with Crippen molar-refractivity contribution >= 4 is 0 Å². The molecule has 0 unspecified atom stereocenters. The molecule has 2 rings (SSSR count). The summed E-state index contributed by atoms with van der Waals surface area (Å²) < 4.78 is 5.78. The molecule has 1 saturated heterocycles. The Labute approximate surface area is 68.3 Å². The van der Waals surface area contributed by atoms with Crippen LogP contribution in [0.3, 0.4) is 0 Å². The fraction of sp³-hybridized carbons (Fsp3) is 1.00. The molecule has 0 aromatic carbocycles. The first kappa shape index (κ1) is 7.56. The topological polar surface area (TPSA) is 21.3 Å². The summed E-state index contributed by atoms with van der Waals surface area (Å²) >= 11 is 0. The lowest BCUT2D eigenvalue weighted by atomic mass is 9.92. The maximum absolute atomic E-state index is 5.78. The van der Waals surface area contributed by atoms with Crippen LogP contribution in [0, 0.1) is 0 Å². The van der Waals surface area contributed by atoms with Crippen LogP contribution in [0.2, 0.25) is 0 Å². The molecule has 64 valence electrons. The predicted octanol–water partition coefficient (Wildman–Crippen LogP) is 1.66. The molecule has 0 aromatic heterocycles. The molecule has 1 atom stereocenters. The number of hydrogen-bond donors (Lipinski definition) is 1. The first-order chi connectivity index (χ1) is 5.31. The van der Waals surface area contributed by atoms with Gasteiger partial charge < -0.3 is 4.74 Å². The van der Waals surface area contributed by atoms with Gasteiger partial charge in [-0.05, 0) is 32.6 Å². The monoisotopic (exact) mass is 155 g/mol. The van der Waals surface area contributed by atoms with Gasteiger partial charge in [-0.25, -0.2) is 0 Å². The first-order valence-corrected chi connectivity index (χ1v) is 4.72. The second-order valence-electron chi connectivity index (χ2n) is 3.91. The number of nitrogens with one attached hydrogen (secondary N) is 1. The summed E-state index contributed by atoms with van der Waals surface area (Å²) in [5.74, 6) is 0. The van der Waals surface area contributed by atoms with Crippen molar-refractivity contribution in [2.75, 3.05) is 6.61 Å². The van der Waals surface area contributed by atoms with Crippen molar-refractivity contribution in [1.29, 1.82) is 0 Å². The van der Waals surface area contributed by atoms with Gasteiger partial charge in [-0.1, -0.05) is 6.42 Å². The van der Waals surface area contributed by atoms with E-state index in [9.17, 15) is 0 Å². The quantitative estimate of drug-likeness (QED) is 0.574. The van der Waals surface area contributed by atoms with Crippen LogP contribution in [0.1, 0.15) is 39.0 Å². The Balaban J connectivity index is 1.98. The lowest BCUT2D eigenvalue weighted by Gasteiger charge is -2.32. The lowest BCUT2D eigenvalue weighted by molar-refractivity contribution is -0.0383. The van der Waals surface area contributed by atoms with Crippen LogP contribution in [0.25, 0.3) is 0 Å². The highest BCUT2D eigenvalue weighted by Crippen LogP contribution is 2.32. The third-order valence-electron chi connectivity index (χ3n) is 2.78. The van der Waals surface area contributed by atoms with E-state index in [1.165, 1.54) is 32.1 Å². The van der Waals surface area contributed by atoms with Gasteiger partial charge in [0.2, 0.25) is 0 Å². The average Bonchev–Trinajstić information content (AvgIpc) is 2.34. The van der Waals surface area contributed by atoms with Crippen LogP contribution < -0.4 is 5.32 Å². The van der Waals surface area contributed by atoms with Gasteiger partial charge >= 0.3 is 0 Å². The van der Waals surface area contributed by atoms with Crippen molar-refractivity contribution < 1.29 is 4.74 Å². The Bertz CT molecular complexity index is 135. The van der Waals surface area contributed by atoms with E-state index in [-0.39, 0.29) is 5.72 Å². The summed E-state index contributed by atoms with van der Waals surface area (Å²) in [5, 5.41) is 3.55. The molecule has 0 bridgehead atoms. The Kier molecular flexibility index (Phi) is 1.90. The smallest absolute Gasteiger partial charge is 0.119 e. The van der Waals surface area contributed by atoms with Crippen molar-refractivity contribution in [2.45, 2.75) is 50.8 Å². The number of ether oxygens (including phenoxy) is 1. The molecular weight excluding hydrogens is 138 g/mol. The van der Waals surface area contributed by atoms with Gasteiger partial charge in [0.25, 0.3) is 0 Å². The van der Waals surface area contributed by atoms with Crippen LogP contribution >= 0.6 is 0 Å². The van der Waals surface area contributed by atoms with Gasteiger partial charge in [0.1, 0.15) is 5.72 Å². The van der Waals surface area contributed by atoms with Crippen molar-refractivity contribution in [3.63, 3.8) is 0 Å². The Hall–Kier alpha value is -0.0800. The molecule has 1 aliphatic carbocycles. The van der Waals surface area contributed by atoms with Gasteiger partial charge in [-0.2, -0.15) is 0 Å². The van der Waals surface area contributed by atoms with E-state index >= 15 is 0 Å². The van der Waals surface area contributed by atoms with E-state index in [0.717, 1.165) is 6.61 Å². The van der Waals surface area contributed by atoms with Crippen LogP contribution in [0.4, 0.5) is 0 Å². The van der Waals surface area contributed by atoms with Gasteiger partial charge in [0.15, 0.2) is 0 Å². The first-order valence-electron chi connectivity index (χ1n) is 4.72. The van der Waals surface area contributed by atoms with Crippen molar-refractivity contribution in [1.82, 2.24) is 5.32 Å². The molecule has 0 aromatic rings. The summed E-state index contributed by atoms with van der Waals surface area (Å²) in [4.78, 5) is 0. The lowest BCUT2D eigenvalue weighted by Crippen LogP contribution is -2.44. The van der Waals surface area contributed by atoms with Crippen molar-refractivity contribution in [2.24, 2.45) is 0 Å². The van der Waals surface area contributed by atoms with Crippen LogP contribution in [-0.2, 0) is 4.74 Å². The highest BCUT2D eigenvalue weighted by molar-refractivity contribution is 4.89. The standard InChI is InChI=1S/C9H17NO/c1-8-7-11-9(10-8)5-3-2-4-6-9/h8,10H,2-7H2,1H3/t8-/m1/s1. The maximum Gasteiger partial charge on any atom is 0.119 e. The largest absolute Gasteiger partial charge is 0.359 e. The van der Waals surface area contributed by atoms with E-state index in [2.05, 4.69) is 12.2 Å². The minimum atomic E-state index is 0.0949. The van der Waals surface area contributed by atoms with Gasteiger partial charge in [0.05, 0.1) is 6.61 Å². The molecule has 2 fully saturated rings. The van der Waals surface area contributed by atoms with E-state index < -0.39 is 0 Å². The third-order valence-corrected chi connectivity index (χ3v) is 2.78. The predicted molar refractivity (Wildman–Crippen MR) is 44.4 cm³/mol. The van der Waals surface area contributed by atoms with Gasteiger partial charge in [0, 0.05) is 6.04 Å². The fourth-order valence-electron chi connectivity index (χ4n) is 2.23. The SMILES string of the molecule is C[C@@H]1COC2(CCCCC2)N1. The van der Waals surface area contributed by atoms with E-state index in [1.807, 2.05) is 0 Å². The van der Waals surface area contributed by atoms with Gasteiger partial charge in [-0.15, -0.1) is 0 Å². The summed E-state index contributed by atoms with van der Waals surface area (Å²) in [6.07, 6.45) is 6.50. The zero-order chi connectivity index (χ0) is 7.73. The Morgan fingerprint density at radius 3 is 2.55 bits per heavy atom. The summed E-state index contributed by atoms with van der Waals surface area (Å²) in [5.41, 5.74) is 0.0949. The summed E-state index contributed by atoms with van der Waals surface area (Å²) in [7, 11) is 0. The zero-order valence-electron chi connectivity index (χ0n) is 7.23. The minimum absolute atomic E-state index is 0.0949. The molecule has 2 aliphatic rings. The van der Waals surface area contributed by atoms with E-state index in [0.29, 0.717) is 6.04 Å². The van der Waals surface area contributed by atoms with Gasteiger partial charge in [-0.3, -0.25) is 5.32 Å². The minimum Gasteiger partial charge on any atom is -0.359 e. The van der Waals surface area contributed by atoms with Crippen LogP contribution in [0.15, 0.2) is 0 Å². The average molecular weight is 155 g/mol. The fourth-order valence-corrected chi connectivity index (χ4v) is 2.23. The molecule has 2 heteroatoms. The second kappa shape index (κ2) is 2.76. The number of rotatable bonds is 0. The molecule has 1 heterocycles. The molecule has 1 aliphatic heterocycles. The second-order valence-corrected chi connectivity index (χ2v) is 3.91. The summed E-state index contributed by atoms with van der Waals surface area (Å²) in [6.45, 7) is 3.10. The Morgan fingerprint density at radius 1 is 1.27 bits per heavy atom. The molecule has 1 spiro atoms. The van der Waals surface area contributed by atoms with E-state index in [4.69, 9.17) is 4.74 Å². The molecule has 11 heavy (non-hydrogen) atoms. The molecular formula is C9H17NO. The molecule has 0 amide bonds. The molecule has 0 radical (unpaired) electrons. The zero-order valence-corrected chi connectivity index (χ0v) is 7.23. The molecule has 2 nitrogen and oxygen atoms in total. The van der Waals surface area contributed by atoms with Crippen molar-refractivity contribution in [3.05, 3.63) is 0 Å². The van der Waals surface area contributed by atoms with Crippen molar-refractivity contribution in [3.8, 4) is 0 Å². The number of hydrogen-bond acceptors (Lipinski definition) is 2. The van der Waals surface area contributed by atoms with E-state index in [1.54, 1.807) is 0 Å². The van der Waals surface area contributed by atoms with Crippen LogP contribution in [-0.4, -0.2) is 18.4 Å². The normalized spacial score (nSPS) is 36.3. The Morgan fingerprint density at radius 2 is 2.00 bits per heavy atom. The summed E-state index contributed by atoms with van der Waals surface area (Å²) in [6, 6.07) is 0.563.